The van der Waals surface area contributed by atoms with Crippen LogP contribution in [0.2, 0.25) is 0 Å². The quantitative estimate of drug-likeness (QED) is 0.179. The van der Waals surface area contributed by atoms with Crippen LogP contribution >= 0.6 is 0 Å². The predicted molar refractivity (Wildman–Crippen MR) is 212 cm³/mol. The molecule has 0 atom stereocenters. The Labute approximate surface area is 295 Å². The number of furan rings is 2. The van der Waals surface area contributed by atoms with E-state index < -0.39 is 0 Å². The summed E-state index contributed by atoms with van der Waals surface area (Å²) < 4.78 is 12.4. The van der Waals surface area contributed by atoms with Crippen molar-refractivity contribution in [2.75, 3.05) is 4.90 Å². The van der Waals surface area contributed by atoms with Gasteiger partial charge in [-0.3, -0.25) is 0 Å². The standard InChI is InChI=1S/C48H31NO2/c1-2-9-32(10-3-1)33-17-19-34(20-18-33)35-21-26-38(27-22-35)49(43-13-8-16-47-48(43)41-12-5-7-15-45(41)51-47)39-28-23-36(24-29-39)37-25-30-46-42(31-37)40-11-4-6-14-44(40)50-46/h1-31H. The van der Waals surface area contributed by atoms with E-state index in [1.54, 1.807) is 0 Å². The Morgan fingerprint density at radius 3 is 1.41 bits per heavy atom. The molecule has 51 heavy (non-hydrogen) atoms. The van der Waals surface area contributed by atoms with Gasteiger partial charge in [0.25, 0.3) is 0 Å². The van der Waals surface area contributed by atoms with Gasteiger partial charge in [-0.2, -0.15) is 0 Å². The number of hydrogen-bond donors (Lipinski definition) is 0. The van der Waals surface area contributed by atoms with Crippen LogP contribution in [0.25, 0.3) is 77.3 Å². The van der Waals surface area contributed by atoms with Crippen molar-refractivity contribution in [3.8, 4) is 33.4 Å². The van der Waals surface area contributed by atoms with Gasteiger partial charge in [-0.1, -0.05) is 127 Å². The van der Waals surface area contributed by atoms with Crippen LogP contribution in [0, 0.1) is 0 Å². The molecule has 0 bridgehead atoms. The first-order valence-electron chi connectivity index (χ1n) is 17.2. The lowest BCUT2D eigenvalue weighted by atomic mass is 9.99. The Kier molecular flexibility index (Phi) is 6.81. The number of para-hydroxylation sites is 2. The molecule has 0 unspecified atom stereocenters. The monoisotopic (exact) mass is 653 g/mol. The maximum absolute atomic E-state index is 6.34. The van der Waals surface area contributed by atoms with Crippen LogP contribution in [-0.2, 0) is 0 Å². The first-order valence-corrected chi connectivity index (χ1v) is 17.2. The summed E-state index contributed by atoms with van der Waals surface area (Å²) in [7, 11) is 0. The minimum atomic E-state index is 0.867. The number of anilines is 3. The zero-order chi connectivity index (χ0) is 33.7. The molecular formula is C48H31NO2. The fourth-order valence-electron chi connectivity index (χ4n) is 7.37. The predicted octanol–water partition coefficient (Wildman–Crippen LogP) is 14.0. The Hall–Kier alpha value is -6.84. The normalized spacial score (nSPS) is 11.5. The van der Waals surface area contributed by atoms with Gasteiger partial charge in [-0.05, 0) is 94.0 Å². The molecule has 2 aromatic heterocycles. The van der Waals surface area contributed by atoms with E-state index in [2.05, 4.69) is 169 Å². The summed E-state index contributed by atoms with van der Waals surface area (Å²) in [4.78, 5) is 2.34. The van der Waals surface area contributed by atoms with Gasteiger partial charge in [0.15, 0.2) is 0 Å². The van der Waals surface area contributed by atoms with Crippen molar-refractivity contribution < 1.29 is 8.83 Å². The van der Waals surface area contributed by atoms with Crippen molar-refractivity contribution >= 4 is 60.9 Å². The average Bonchev–Trinajstić information content (AvgIpc) is 3.78. The third kappa shape index (κ3) is 5.06. The highest BCUT2D eigenvalue weighted by Crippen LogP contribution is 2.44. The molecule has 0 spiro atoms. The number of fused-ring (bicyclic) bond motifs is 6. The van der Waals surface area contributed by atoms with E-state index in [4.69, 9.17) is 8.83 Å². The minimum absolute atomic E-state index is 0.867. The van der Waals surface area contributed by atoms with E-state index in [-0.39, 0.29) is 0 Å². The molecule has 0 aliphatic carbocycles. The number of hydrogen-bond acceptors (Lipinski definition) is 3. The maximum Gasteiger partial charge on any atom is 0.137 e. The van der Waals surface area contributed by atoms with E-state index in [9.17, 15) is 0 Å². The van der Waals surface area contributed by atoms with E-state index in [0.29, 0.717) is 0 Å². The van der Waals surface area contributed by atoms with Crippen molar-refractivity contribution in [1.82, 2.24) is 0 Å². The molecule has 10 aromatic rings. The van der Waals surface area contributed by atoms with E-state index in [1.807, 2.05) is 24.3 Å². The molecule has 0 saturated heterocycles. The molecule has 240 valence electrons. The van der Waals surface area contributed by atoms with Gasteiger partial charge in [0, 0.05) is 27.5 Å². The van der Waals surface area contributed by atoms with Crippen LogP contribution in [0.4, 0.5) is 17.1 Å². The largest absolute Gasteiger partial charge is 0.456 e. The lowest BCUT2D eigenvalue weighted by molar-refractivity contribution is 0.668. The Morgan fingerprint density at radius 2 is 0.745 bits per heavy atom. The lowest BCUT2D eigenvalue weighted by Crippen LogP contribution is -2.10. The van der Waals surface area contributed by atoms with Crippen LogP contribution in [-0.4, -0.2) is 0 Å². The molecule has 0 saturated carbocycles. The zero-order valence-corrected chi connectivity index (χ0v) is 27.7. The van der Waals surface area contributed by atoms with Crippen LogP contribution in [0.1, 0.15) is 0 Å². The molecule has 0 fully saturated rings. The van der Waals surface area contributed by atoms with E-state index >= 15 is 0 Å². The van der Waals surface area contributed by atoms with Gasteiger partial charge in [-0.25, -0.2) is 0 Å². The van der Waals surface area contributed by atoms with Crippen molar-refractivity contribution in [3.05, 3.63) is 188 Å². The van der Waals surface area contributed by atoms with Gasteiger partial charge in [0.2, 0.25) is 0 Å². The smallest absolute Gasteiger partial charge is 0.137 e. The Morgan fingerprint density at radius 1 is 0.294 bits per heavy atom. The molecule has 0 radical (unpaired) electrons. The maximum atomic E-state index is 6.34. The first kappa shape index (κ1) is 29.1. The number of benzene rings is 8. The van der Waals surface area contributed by atoms with Gasteiger partial charge in [-0.15, -0.1) is 0 Å². The first-order chi connectivity index (χ1) is 25.3. The van der Waals surface area contributed by atoms with Crippen molar-refractivity contribution in [2.45, 2.75) is 0 Å². The lowest BCUT2D eigenvalue weighted by Gasteiger charge is -2.26. The second-order valence-electron chi connectivity index (χ2n) is 12.9. The highest BCUT2D eigenvalue weighted by Gasteiger charge is 2.20. The summed E-state index contributed by atoms with van der Waals surface area (Å²) in [5.41, 5.74) is 13.8. The Balaban J connectivity index is 1.06. The molecule has 0 amide bonds. The van der Waals surface area contributed by atoms with Gasteiger partial charge < -0.3 is 13.7 Å². The van der Waals surface area contributed by atoms with Crippen LogP contribution in [0.5, 0.6) is 0 Å². The average molecular weight is 654 g/mol. The molecule has 2 heterocycles. The Bertz CT molecular complexity index is 2830. The molecule has 3 nitrogen and oxygen atoms in total. The third-order valence-electron chi connectivity index (χ3n) is 9.91. The molecule has 3 heteroatoms. The molecule has 0 aliphatic rings. The molecule has 0 N–H and O–H groups in total. The van der Waals surface area contributed by atoms with Crippen molar-refractivity contribution in [3.63, 3.8) is 0 Å². The molecule has 0 aliphatic heterocycles. The second-order valence-corrected chi connectivity index (χ2v) is 12.9. The van der Waals surface area contributed by atoms with Crippen LogP contribution < -0.4 is 4.90 Å². The summed E-state index contributed by atoms with van der Waals surface area (Å²) in [5, 5.41) is 4.45. The summed E-state index contributed by atoms with van der Waals surface area (Å²) in [5.74, 6) is 0. The summed E-state index contributed by atoms with van der Waals surface area (Å²) in [6.45, 7) is 0. The highest BCUT2D eigenvalue weighted by atomic mass is 16.3. The van der Waals surface area contributed by atoms with Gasteiger partial charge in [0.05, 0.1) is 11.1 Å². The van der Waals surface area contributed by atoms with Crippen LogP contribution in [0.3, 0.4) is 0 Å². The molecular weight excluding hydrogens is 623 g/mol. The second kappa shape index (κ2) is 11.9. The van der Waals surface area contributed by atoms with Gasteiger partial charge in [0.1, 0.15) is 22.3 Å². The van der Waals surface area contributed by atoms with Crippen LogP contribution in [0.15, 0.2) is 197 Å². The third-order valence-corrected chi connectivity index (χ3v) is 9.91. The minimum Gasteiger partial charge on any atom is -0.456 e. The zero-order valence-electron chi connectivity index (χ0n) is 27.7. The summed E-state index contributed by atoms with van der Waals surface area (Å²) in [6, 6.07) is 66.3. The molecule has 8 aromatic carbocycles. The number of rotatable bonds is 6. The summed E-state index contributed by atoms with van der Waals surface area (Å²) >= 11 is 0. The van der Waals surface area contributed by atoms with Crippen molar-refractivity contribution in [1.29, 1.82) is 0 Å². The fraction of sp³-hybridized carbons (Fsp3) is 0. The summed E-state index contributed by atoms with van der Waals surface area (Å²) in [6.07, 6.45) is 0. The fourth-order valence-corrected chi connectivity index (χ4v) is 7.37. The topological polar surface area (TPSA) is 29.5 Å². The number of nitrogens with zero attached hydrogens (tertiary/aromatic N) is 1. The highest BCUT2D eigenvalue weighted by molar-refractivity contribution is 6.13. The van der Waals surface area contributed by atoms with Crippen molar-refractivity contribution in [2.24, 2.45) is 0 Å². The SMILES string of the molecule is c1ccc(-c2ccc(-c3ccc(N(c4ccc(-c5ccc6oc7ccccc7c6c5)cc4)c4cccc5oc6ccccc6c45)cc3)cc2)cc1. The van der Waals surface area contributed by atoms with Gasteiger partial charge >= 0.3 is 0 Å². The van der Waals surface area contributed by atoms with E-state index in [1.165, 1.54) is 22.3 Å². The molecule has 10 rings (SSSR count). The van der Waals surface area contributed by atoms with E-state index in [0.717, 1.165) is 72.1 Å².